The number of esters is 1. The van der Waals surface area contributed by atoms with Crippen molar-refractivity contribution in [1.82, 2.24) is 0 Å². The summed E-state index contributed by atoms with van der Waals surface area (Å²) in [6, 6.07) is 0. The highest BCUT2D eigenvalue weighted by atomic mass is 31.2. The monoisotopic (exact) mass is 358 g/mol. The zero-order valence-electron chi connectivity index (χ0n) is 14.7. The lowest BCUT2D eigenvalue weighted by Gasteiger charge is -2.32. The van der Waals surface area contributed by atoms with Crippen LogP contribution in [0.4, 0.5) is 0 Å². The molecule has 0 bridgehead atoms. The Hall–Kier alpha value is -1.20. The minimum absolute atomic E-state index is 0.210. The predicted octanol–water partition coefficient (Wildman–Crippen LogP) is 3.23. The third kappa shape index (κ3) is 5.15. The van der Waals surface area contributed by atoms with E-state index in [0.717, 1.165) is 0 Å². The van der Waals surface area contributed by atoms with E-state index in [1.54, 1.807) is 25.2 Å². The van der Waals surface area contributed by atoms with Gasteiger partial charge in [0.15, 0.2) is 0 Å². The van der Waals surface area contributed by atoms with Gasteiger partial charge in [-0.2, -0.15) is 0 Å². The normalized spacial score (nSPS) is 23.5. The molecular formula is C17H27O6P. The highest BCUT2D eigenvalue weighted by Crippen LogP contribution is 2.57. The van der Waals surface area contributed by atoms with Gasteiger partial charge in [0.2, 0.25) is 0 Å². The molecule has 6 nitrogen and oxygen atoms in total. The van der Waals surface area contributed by atoms with Crippen molar-refractivity contribution in [2.24, 2.45) is 5.92 Å². The molecule has 0 radical (unpaired) electrons. The van der Waals surface area contributed by atoms with Crippen molar-refractivity contribution in [3.05, 3.63) is 36.0 Å². The Morgan fingerprint density at radius 1 is 1.38 bits per heavy atom. The predicted molar refractivity (Wildman–Crippen MR) is 92.8 cm³/mol. The molecule has 0 aromatic carbocycles. The van der Waals surface area contributed by atoms with Crippen molar-refractivity contribution in [2.45, 2.75) is 38.5 Å². The molecule has 1 N–H and O–H groups in total. The van der Waals surface area contributed by atoms with Crippen LogP contribution in [0, 0.1) is 5.92 Å². The lowest BCUT2D eigenvalue weighted by Crippen LogP contribution is -2.30. The van der Waals surface area contributed by atoms with E-state index < -0.39 is 25.3 Å². The molecule has 0 aliphatic heterocycles. The number of hydrogen-bond donors (Lipinski definition) is 1. The van der Waals surface area contributed by atoms with Gasteiger partial charge in [-0.25, -0.2) is 4.79 Å². The largest absolute Gasteiger partial charge is 0.463 e. The van der Waals surface area contributed by atoms with Gasteiger partial charge in [0, 0.05) is 25.7 Å². The second kappa shape index (κ2) is 9.94. The van der Waals surface area contributed by atoms with Crippen LogP contribution in [-0.4, -0.2) is 43.7 Å². The second-order valence-electron chi connectivity index (χ2n) is 5.41. The Balaban J connectivity index is 3.13. The summed E-state index contributed by atoms with van der Waals surface area (Å²) in [4.78, 5) is 12.3. The molecule has 24 heavy (non-hydrogen) atoms. The van der Waals surface area contributed by atoms with E-state index in [-0.39, 0.29) is 18.1 Å². The van der Waals surface area contributed by atoms with Crippen molar-refractivity contribution in [3.63, 3.8) is 0 Å². The standard InChI is InChI=1S/C17H27O6P/c1-5-7-8-9-15(18)13-10-11-16(24(20,21-3)22-4)14(12-13)17(19)23-6-2/h5,7-9,12-13,15-16,18H,6,10-11H2,1-4H3/b7-5+,9-8+. The van der Waals surface area contributed by atoms with Gasteiger partial charge in [0.1, 0.15) is 0 Å². The van der Waals surface area contributed by atoms with Gasteiger partial charge in [-0.1, -0.05) is 30.4 Å². The van der Waals surface area contributed by atoms with Crippen LogP contribution in [0.3, 0.4) is 0 Å². The molecule has 1 aliphatic rings. The van der Waals surface area contributed by atoms with E-state index in [1.807, 2.05) is 19.1 Å². The highest BCUT2D eigenvalue weighted by molar-refractivity contribution is 7.55. The van der Waals surface area contributed by atoms with Crippen LogP contribution < -0.4 is 0 Å². The summed E-state index contributed by atoms with van der Waals surface area (Å²) in [6.45, 7) is 3.80. The quantitative estimate of drug-likeness (QED) is 0.407. The zero-order chi connectivity index (χ0) is 18.2. The van der Waals surface area contributed by atoms with Gasteiger partial charge < -0.3 is 18.9 Å². The summed E-state index contributed by atoms with van der Waals surface area (Å²) in [5, 5.41) is 10.3. The smallest absolute Gasteiger partial charge is 0.337 e. The van der Waals surface area contributed by atoms with Crippen LogP contribution in [0.15, 0.2) is 36.0 Å². The minimum atomic E-state index is -3.45. The average molecular weight is 358 g/mol. The van der Waals surface area contributed by atoms with Gasteiger partial charge in [-0.05, 0) is 26.7 Å². The van der Waals surface area contributed by atoms with Crippen molar-refractivity contribution < 1.29 is 28.3 Å². The van der Waals surface area contributed by atoms with E-state index in [9.17, 15) is 14.5 Å². The summed E-state index contributed by atoms with van der Waals surface area (Å²) in [6.07, 6.45) is 8.95. The lowest BCUT2D eigenvalue weighted by atomic mass is 9.86. The molecule has 136 valence electrons. The average Bonchev–Trinajstić information content (AvgIpc) is 2.60. The molecule has 0 spiro atoms. The van der Waals surface area contributed by atoms with E-state index in [2.05, 4.69) is 0 Å². The fraction of sp³-hybridized carbons (Fsp3) is 0.588. The van der Waals surface area contributed by atoms with Gasteiger partial charge in [-0.3, -0.25) is 4.57 Å². The van der Waals surface area contributed by atoms with Gasteiger partial charge in [0.25, 0.3) is 0 Å². The summed E-state index contributed by atoms with van der Waals surface area (Å²) >= 11 is 0. The Morgan fingerprint density at radius 2 is 2.04 bits per heavy atom. The summed E-state index contributed by atoms with van der Waals surface area (Å²) in [7, 11) is -0.854. The number of aliphatic hydroxyl groups excluding tert-OH is 1. The topological polar surface area (TPSA) is 82.1 Å². The van der Waals surface area contributed by atoms with Crippen LogP contribution in [0.25, 0.3) is 0 Å². The number of allylic oxidation sites excluding steroid dienone is 3. The van der Waals surface area contributed by atoms with Gasteiger partial charge >= 0.3 is 13.6 Å². The molecule has 1 aliphatic carbocycles. The number of hydrogen-bond acceptors (Lipinski definition) is 6. The van der Waals surface area contributed by atoms with Gasteiger partial charge in [-0.15, -0.1) is 0 Å². The zero-order valence-corrected chi connectivity index (χ0v) is 15.6. The number of aliphatic hydroxyl groups is 1. The molecule has 1 rings (SSSR count). The molecule has 0 aromatic rings. The second-order valence-corrected chi connectivity index (χ2v) is 7.84. The van der Waals surface area contributed by atoms with Crippen molar-refractivity contribution in [2.75, 3.05) is 20.8 Å². The van der Waals surface area contributed by atoms with Crippen molar-refractivity contribution in [1.29, 1.82) is 0 Å². The number of ether oxygens (including phenoxy) is 1. The molecule has 3 atom stereocenters. The SMILES string of the molecule is C/C=C/C=C/C(O)C1C=C(C(=O)OCC)C(P(=O)(OC)OC)CC1. The van der Waals surface area contributed by atoms with Crippen LogP contribution in [0.5, 0.6) is 0 Å². The molecule has 0 saturated heterocycles. The Kier molecular flexibility index (Phi) is 8.63. The lowest BCUT2D eigenvalue weighted by molar-refractivity contribution is -0.138. The highest BCUT2D eigenvalue weighted by Gasteiger charge is 2.43. The van der Waals surface area contributed by atoms with Crippen LogP contribution in [-0.2, 0) is 23.1 Å². The summed E-state index contributed by atoms with van der Waals surface area (Å²) in [5.74, 6) is -0.810. The van der Waals surface area contributed by atoms with Crippen LogP contribution in [0.1, 0.15) is 26.7 Å². The molecule has 3 unspecified atom stereocenters. The molecule has 0 aromatic heterocycles. The van der Waals surface area contributed by atoms with E-state index in [0.29, 0.717) is 12.8 Å². The maximum atomic E-state index is 12.7. The first kappa shape index (κ1) is 20.8. The first-order valence-electron chi connectivity index (χ1n) is 8.01. The summed E-state index contributed by atoms with van der Waals surface area (Å²) < 4.78 is 27.9. The summed E-state index contributed by atoms with van der Waals surface area (Å²) in [5.41, 5.74) is -0.437. The van der Waals surface area contributed by atoms with E-state index in [4.69, 9.17) is 13.8 Å². The molecule has 7 heteroatoms. The molecular weight excluding hydrogens is 331 g/mol. The van der Waals surface area contributed by atoms with Crippen molar-refractivity contribution >= 4 is 13.6 Å². The Labute approximate surface area is 143 Å². The number of rotatable bonds is 8. The molecule has 0 amide bonds. The minimum Gasteiger partial charge on any atom is -0.463 e. The number of carbonyl (C=O) groups is 1. The van der Waals surface area contributed by atoms with Gasteiger partial charge in [0.05, 0.1) is 18.4 Å². The maximum Gasteiger partial charge on any atom is 0.337 e. The molecule has 0 heterocycles. The van der Waals surface area contributed by atoms with Crippen LogP contribution >= 0.6 is 7.60 Å². The third-order valence-corrected chi connectivity index (χ3v) is 6.30. The number of carbonyl (C=O) groups excluding carboxylic acids is 1. The van der Waals surface area contributed by atoms with Crippen molar-refractivity contribution in [3.8, 4) is 0 Å². The maximum absolute atomic E-state index is 12.7. The Morgan fingerprint density at radius 3 is 2.58 bits per heavy atom. The van der Waals surface area contributed by atoms with E-state index >= 15 is 0 Å². The fourth-order valence-electron chi connectivity index (χ4n) is 2.71. The molecule has 0 fully saturated rings. The Bertz CT molecular complexity index is 543. The fourth-order valence-corrected chi connectivity index (χ4v) is 4.36. The van der Waals surface area contributed by atoms with Crippen LogP contribution in [0.2, 0.25) is 0 Å². The molecule has 0 saturated carbocycles. The third-order valence-electron chi connectivity index (χ3n) is 3.98. The first-order valence-corrected chi connectivity index (χ1v) is 9.62. The first-order chi connectivity index (χ1) is 11.4. The van der Waals surface area contributed by atoms with E-state index in [1.165, 1.54) is 14.2 Å².